The molecule has 1 nitrogen and oxygen atoms in total. The molecule has 2 rings (SSSR count). The highest BCUT2D eigenvalue weighted by atomic mass is 16.5. The lowest BCUT2D eigenvalue weighted by atomic mass is 9.90. The van der Waals surface area contributed by atoms with Gasteiger partial charge in [0.25, 0.3) is 0 Å². The van der Waals surface area contributed by atoms with E-state index in [9.17, 15) is 0 Å². The molecule has 0 aliphatic heterocycles. The van der Waals surface area contributed by atoms with Crippen molar-refractivity contribution in [1.82, 2.24) is 0 Å². The minimum Gasteiger partial charge on any atom is -0.488 e. The summed E-state index contributed by atoms with van der Waals surface area (Å²) in [7, 11) is 0. The van der Waals surface area contributed by atoms with E-state index in [1.165, 1.54) is 24.0 Å². The van der Waals surface area contributed by atoms with Crippen molar-refractivity contribution in [3.05, 3.63) is 29.3 Å². The summed E-state index contributed by atoms with van der Waals surface area (Å²) < 4.78 is 6.32. The fraction of sp³-hybridized carbons (Fsp3) is 0.667. The van der Waals surface area contributed by atoms with Gasteiger partial charge in [0.15, 0.2) is 0 Å². The SMILES string of the molecule is CC(C)c1cccc(C(C)C2CC2)c1OC(C)(C)C. The molecule has 1 heteroatoms. The van der Waals surface area contributed by atoms with Crippen molar-refractivity contribution in [1.29, 1.82) is 0 Å². The summed E-state index contributed by atoms with van der Waals surface area (Å²) in [4.78, 5) is 0. The van der Waals surface area contributed by atoms with Crippen LogP contribution in [-0.2, 0) is 0 Å². The highest BCUT2D eigenvalue weighted by Gasteiger charge is 2.32. The van der Waals surface area contributed by atoms with Gasteiger partial charge in [-0.15, -0.1) is 0 Å². The Balaban J connectivity index is 2.43. The Morgan fingerprint density at radius 2 is 1.63 bits per heavy atom. The molecule has 106 valence electrons. The van der Waals surface area contributed by atoms with Crippen LogP contribution in [0.25, 0.3) is 0 Å². The van der Waals surface area contributed by atoms with Gasteiger partial charge in [-0.05, 0) is 62.5 Å². The number of para-hydroxylation sites is 1. The lowest BCUT2D eigenvalue weighted by molar-refractivity contribution is 0.126. The summed E-state index contributed by atoms with van der Waals surface area (Å²) in [6.07, 6.45) is 2.75. The molecular formula is C18H28O. The second-order valence-corrected chi connectivity index (χ2v) is 7.26. The molecule has 1 atom stereocenters. The minimum atomic E-state index is -0.136. The number of ether oxygens (including phenoxy) is 1. The van der Waals surface area contributed by atoms with E-state index in [1.54, 1.807) is 0 Å². The van der Waals surface area contributed by atoms with Crippen molar-refractivity contribution in [2.75, 3.05) is 0 Å². The van der Waals surface area contributed by atoms with E-state index in [2.05, 4.69) is 59.7 Å². The molecule has 0 heterocycles. The average Bonchev–Trinajstić information content (AvgIpc) is 3.09. The second kappa shape index (κ2) is 5.19. The van der Waals surface area contributed by atoms with Crippen molar-refractivity contribution in [2.24, 2.45) is 5.92 Å². The van der Waals surface area contributed by atoms with Crippen LogP contribution in [0, 0.1) is 5.92 Å². The van der Waals surface area contributed by atoms with E-state index in [0.29, 0.717) is 11.8 Å². The van der Waals surface area contributed by atoms with Gasteiger partial charge < -0.3 is 4.74 Å². The largest absolute Gasteiger partial charge is 0.488 e. The van der Waals surface area contributed by atoms with Crippen LogP contribution in [0.5, 0.6) is 5.75 Å². The Hall–Kier alpha value is -0.980. The number of benzene rings is 1. The van der Waals surface area contributed by atoms with Gasteiger partial charge in [-0.1, -0.05) is 39.0 Å². The van der Waals surface area contributed by atoms with Crippen molar-refractivity contribution in [3.8, 4) is 5.75 Å². The molecule has 0 radical (unpaired) electrons. The summed E-state index contributed by atoms with van der Waals surface area (Å²) in [6.45, 7) is 13.3. The van der Waals surface area contributed by atoms with Crippen LogP contribution in [0.3, 0.4) is 0 Å². The van der Waals surface area contributed by atoms with Gasteiger partial charge in [-0.3, -0.25) is 0 Å². The van der Waals surface area contributed by atoms with Crippen LogP contribution in [0.1, 0.15) is 77.3 Å². The zero-order chi connectivity index (χ0) is 14.2. The summed E-state index contributed by atoms with van der Waals surface area (Å²) >= 11 is 0. The van der Waals surface area contributed by atoms with Gasteiger partial charge in [-0.2, -0.15) is 0 Å². The van der Waals surface area contributed by atoms with E-state index in [0.717, 1.165) is 11.7 Å². The van der Waals surface area contributed by atoms with Crippen LogP contribution in [-0.4, -0.2) is 5.60 Å². The molecule has 0 aromatic heterocycles. The van der Waals surface area contributed by atoms with Crippen LogP contribution >= 0.6 is 0 Å². The summed E-state index contributed by atoms with van der Waals surface area (Å²) in [5.74, 6) is 3.13. The maximum absolute atomic E-state index is 6.32. The fourth-order valence-electron chi connectivity index (χ4n) is 2.66. The van der Waals surface area contributed by atoms with Gasteiger partial charge in [0.2, 0.25) is 0 Å². The van der Waals surface area contributed by atoms with Crippen molar-refractivity contribution < 1.29 is 4.74 Å². The van der Waals surface area contributed by atoms with Gasteiger partial charge in [0, 0.05) is 0 Å². The molecule has 1 aliphatic carbocycles. The Labute approximate surface area is 118 Å². The van der Waals surface area contributed by atoms with Crippen LogP contribution in [0.15, 0.2) is 18.2 Å². The first kappa shape index (κ1) is 14.4. The van der Waals surface area contributed by atoms with Gasteiger partial charge in [-0.25, -0.2) is 0 Å². The van der Waals surface area contributed by atoms with Crippen molar-refractivity contribution >= 4 is 0 Å². The monoisotopic (exact) mass is 260 g/mol. The topological polar surface area (TPSA) is 9.23 Å². The first-order valence-electron chi connectivity index (χ1n) is 7.61. The van der Waals surface area contributed by atoms with Gasteiger partial charge in [0.1, 0.15) is 11.4 Å². The first-order chi connectivity index (χ1) is 8.79. The van der Waals surface area contributed by atoms with Gasteiger partial charge >= 0.3 is 0 Å². The summed E-state index contributed by atoms with van der Waals surface area (Å²) in [5, 5.41) is 0. The molecule has 0 N–H and O–H groups in total. The van der Waals surface area contributed by atoms with Crippen molar-refractivity contribution in [2.45, 2.75) is 71.8 Å². The number of hydrogen-bond acceptors (Lipinski definition) is 1. The highest BCUT2D eigenvalue weighted by molar-refractivity contribution is 5.46. The predicted molar refractivity (Wildman–Crippen MR) is 82.1 cm³/mol. The molecule has 1 aliphatic rings. The third-order valence-electron chi connectivity index (χ3n) is 3.93. The molecule has 1 saturated carbocycles. The molecule has 19 heavy (non-hydrogen) atoms. The maximum atomic E-state index is 6.32. The summed E-state index contributed by atoms with van der Waals surface area (Å²) in [5.41, 5.74) is 2.62. The quantitative estimate of drug-likeness (QED) is 0.694. The normalized spacial score (nSPS) is 17.6. The molecule has 1 unspecified atom stereocenters. The summed E-state index contributed by atoms with van der Waals surface area (Å²) in [6, 6.07) is 6.67. The van der Waals surface area contributed by atoms with Crippen LogP contribution < -0.4 is 4.74 Å². The average molecular weight is 260 g/mol. The van der Waals surface area contributed by atoms with E-state index in [4.69, 9.17) is 4.74 Å². The third-order valence-corrected chi connectivity index (χ3v) is 3.93. The standard InChI is InChI=1S/C18H28O/c1-12(2)15-8-7-9-16(13(3)14-10-11-14)17(15)19-18(4,5)6/h7-9,12-14H,10-11H2,1-6H3. The first-order valence-corrected chi connectivity index (χ1v) is 7.61. The molecule has 1 aromatic rings. The highest BCUT2D eigenvalue weighted by Crippen LogP contribution is 2.46. The van der Waals surface area contributed by atoms with Crippen molar-refractivity contribution in [3.63, 3.8) is 0 Å². The lowest BCUT2D eigenvalue weighted by Gasteiger charge is -2.28. The molecule has 1 aromatic carbocycles. The second-order valence-electron chi connectivity index (χ2n) is 7.26. The van der Waals surface area contributed by atoms with Crippen LogP contribution in [0.2, 0.25) is 0 Å². The lowest BCUT2D eigenvalue weighted by Crippen LogP contribution is -2.25. The minimum absolute atomic E-state index is 0.136. The Bertz CT molecular complexity index is 435. The van der Waals surface area contributed by atoms with Crippen LogP contribution in [0.4, 0.5) is 0 Å². The zero-order valence-corrected chi connectivity index (χ0v) is 13.3. The molecule has 0 saturated heterocycles. The third kappa shape index (κ3) is 3.52. The fourth-order valence-corrected chi connectivity index (χ4v) is 2.66. The molecule has 0 spiro atoms. The Morgan fingerprint density at radius 1 is 1.05 bits per heavy atom. The maximum Gasteiger partial charge on any atom is 0.127 e. The number of hydrogen-bond donors (Lipinski definition) is 0. The van der Waals surface area contributed by atoms with Gasteiger partial charge in [0.05, 0.1) is 0 Å². The van der Waals surface area contributed by atoms with E-state index < -0.39 is 0 Å². The smallest absolute Gasteiger partial charge is 0.127 e. The molecular weight excluding hydrogens is 232 g/mol. The molecule has 0 amide bonds. The molecule has 1 fully saturated rings. The van der Waals surface area contributed by atoms with E-state index >= 15 is 0 Å². The zero-order valence-electron chi connectivity index (χ0n) is 13.3. The predicted octanol–water partition coefficient (Wildman–Crippen LogP) is 5.50. The Morgan fingerprint density at radius 3 is 2.11 bits per heavy atom. The van der Waals surface area contributed by atoms with E-state index in [1.807, 2.05) is 0 Å². The number of rotatable bonds is 4. The molecule has 0 bridgehead atoms. The Kier molecular flexibility index (Phi) is 3.94. The van der Waals surface area contributed by atoms with E-state index in [-0.39, 0.29) is 5.60 Å².